The van der Waals surface area contributed by atoms with Gasteiger partial charge in [0.2, 0.25) is 10.0 Å². The van der Waals surface area contributed by atoms with Crippen LogP contribution in [0.3, 0.4) is 0 Å². The Kier molecular flexibility index (Phi) is 4.07. The Hall–Kier alpha value is -2.56. The number of benzene rings is 1. The summed E-state index contributed by atoms with van der Waals surface area (Å²) >= 11 is 0.982. The highest BCUT2D eigenvalue weighted by molar-refractivity contribution is 7.89. The molecule has 1 aromatic carbocycles. The normalized spacial score (nSPS) is 13.3. The smallest absolute Gasteiger partial charge is 0.242 e. The lowest BCUT2D eigenvalue weighted by Gasteiger charge is -2.16. The maximum absolute atomic E-state index is 12.8. The molecule has 1 atom stereocenters. The van der Waals surface area contributed by atoms with E-state index < -0.39 is 16.1 Å². The van der Waals surface area contributed by atoms with Crippen LogP contribution in [0.4, 0.5) is 0 Å². The number of fused-ring (bicyclic) bond motifs is 1. The van der Waals surface area contributed by atoms with Gasteiger partial charge in [-0.15, -0.1) is 0 Å². The van der Waals surface area contributed by atoms with Crippen LogP contribution in [0.1, 0.15) is 11.8 Å². The molecule has 10 heteroatoms. The molecule has 0 bridgehead atoms. The Balaban J connectivity index is 1.63. The molecule has 0 aliphatic heterocycles. The topological polar surface area (TPSA) is 103 Å². The number of aromatic nitrogens is 4. The number of hydrogen-bond donors (Lipinski definition) is 1. The molecule has 1 N–H and O–H groups in total. The zero-order chi connectivity index (χ0) is 17.3. The zero-order valence-corrected chi connectivity index (χ0v) is 14.4. The molecule has 0 aliphatic carbocycles. The Morgan fingerprint density at radius 1 is 1.20 bits per heavy atom. The van der Waals surface area contributed by atoms with Crippen molar-refractivity contribution in [2.75, 3.05) is 6.54 Å². The van der Waals surface area contributed by atoms with Crippen LogP contribution in [0.25, 0.3) is 11.0 Å². The van der Waals surface area contributed by atoms with E-state index in [9.17, 15) is 8.42 Å². The fourth-order valence-corrected chi connectivity index (χ4v) is 4.34. The first-order valence-electron chi connectivity index (χ1n) is 7.38. The fraction of sp³-hybridized carbons (Fsp3) is 0.133. The Bertz CT molecular complexity index is 1040. The summed E-state index contributed by atoms with van der Waals surface area (Å²) in [6.45, 7) is 0.0888. The highest BCUT2D eigenvalue weighted by atomic mass is 32.2. The van der Waals surface area contributed by atoms with E-state index in [0.717, 1.165) is 11.7 Å². The maximum atomic E-state index is 12.8. The van der Waals surface area contributed by atoms with E-state index >= 15 is 0 Å². The largest absolute Gasteiger partial charge is 0.467 e. The first-order chi connectivity index (χ1) is 12.1. The molecule has 0 aliphatic rings. The summed E-state index contributed by atoms with van der Waals surface area (Å²) in [7, 11) is -3.76. The molecule has 4 rings (SSSR count). The van der Waals surface area contributed by atoms with Crippen molar-refractivity contribution in [3.8, 4) is 0 Å². The minimum atomic E-state index is -3.76. The minimum Gasteiger partial charge on any atom is -0.467 e. The van der Waals surface area contributed by atoms with E-state index in [1.807, 2.05) is 0 Å². The second-order valence-corrected chi connectivity index (χ2v) is 7.52. The van der Waals surface area contributed by atoms with Gasteiger partial charge in [0.1, 0.15) is 27.7 Å². The van der Waals surface area contributed by atoms with Crippen LogP contribution < -0.4 is 4.72 Å². The lowest BCUT2D eigenvalue weighted by molar-refractivity contribution is 0.402. The quantitative estimate of drug-likeness (QED) is 0.553. The third-order valence-electron chi connectivity index (χ3n) is 3.72. The number of furan rings is 1. The lowest BCUT2D eigenvalue weighted by atomic mass is 10.2. The number of hydrogen-bond acceptors (Lipinski definition) is 7. The highest BCUT2D eigenvalue weighted by Crippen LogP contribution is 2.22. The van der Waals surface area contributed by atoms with Crippen LogP contribution in [-0.2, 0) is 10.0 Å². The molecule has 0 unspecified atom stereocenters. The lowest BCUT2D eigenvalue weighted by Crippen LogP contribution is -2.31. The summed E-state index contributed by atoms with van der Waals surface area (Å²) in [6, 6.07) is 9.80. The van der Waals surface area contributed by atoms with Gasteiger partial charge in [-0.05, 0) is 30.3 Å². The molecule has 3 heterocycles. The molecular weight excluding hydrogens is 362 g/mol. The Morgan fingerprint density at radius 2 is 2.12 bits per heavy atom. The molecule has 0 saturated carbocycles. The molecule has 128 valence electrons. The SMILES string of the molecule is O=S(=O)(NC[C@@H](c1ccco1)n1cccn1)c1cccc2nsnc12. The van der Waals surface area contributed by atoms with E-state index in [2.05, 4.69) is 18.6 Å². The van der Waals surface area contributed by atoms with Gasteiger partial charge in [0, 0.05) is 18.9 Å². The van der Waals surface area contributed by atoms with Crippen LogP contribution in [0.15, 0.2) is 64.4 Å². The zero-order valence-electron chi connectivity index (χ0n) is 12.8. The van der Waals surface area contributed by atoms with Crippen molar-refractivity contribution in [1.29, 1.82) is 0 Å². The summed E-state index contributed by atoms with van der Waals surface area (Å²) in [5.41, 5.74) is 0.927. The van der Waals surface area contributed by atoms with Crippen LogP contribution >= 0.6 is 11.7 Å². The van der Waals surface area contributed by atoms with Crippen molar-refractivity contribution < 1.29 is 12.8 Å². The van der Waals surface area contributed by atoms with Gasteiger partial charge < -0.3 is 4.42 Å². The van der Waals surface area contributed by atoms with Crippen LogP contribution in [0, 0.1) is 0 Å². The average molecular weight is 375 g/mol. The molecule has 0 fully saturated rings. The van der Waals surface area contributed by atoms with Crippen molar-refractivity contribution >= 4 is 32.8 Å². The second-order valence-electron chi connectivity index (χ2n) is 5.26. The van der Waals surface area contributed by atoms with E-state index in [4.69, 9.17) is 4.42 Å². The maximum Gasteiger partial charge on any atom is 0.242 e. The number of rotatable bonds is 6. The summed E-state index contributed by atoms with van der Waals surface area (Å²) in [5.74, 6) is 0.611. The second kappa shape index (κ2) is 6.39. The van der Waals surface area contributed by atoms with E-state index in [1.54, 1.807) is 53.7 Å². The van der Waals surface area contributed by atoms with Gasteiger partial charge in [0.25, 0.3) is 0 Å². The third-order valence-corrected chi connectivity index (χ3v) is 5.72. The molecule has 0 amide bonds. The summed E-state index contributed by atoms with van der Waals surface area (Å²) in [6.07, 6.45) is 4.93. The van der Waals surface area contributed by atoms with Gasteiger partial charge in [0.05, 0.1) is 18.0 Å². The number of nitrogens with zero attached hydrogens (tertiary/aromatic N) is 4. The van der Waals surface area contributed by atoms with Gasteiger partial charge in [-0.25, -0.2) is 13.1 Å². The molecule has 25 heavy (non-hydrogen) atoms. The Labute approximate surface area is 147 Å². The minimum absolute atomic E-state index is 0.0888. The molecule has 3 aromatic heterocycles. The summed E-state index contributed by atoms with van der Waals surface area (Å²) < 4.78 is 43.4. The van der Waals surface area contributed by atoms with Crippen molar-refractivity contribution in [2.45, 2.75) is 10.9 Å². The van der Waals surface area contributed by atoms with Gasteiger partial charge in [0.15, 0.2) is 0 Å². The van der Waals surface area contributed by atoms with E-state index in [-0.39, 0.29) is 11.4 Å². The fourth-order valence-electron chi connectivity index (χ4n) is 2.53. The number of sulfonamides is 1. The highest BCUT2D eigenvalue weighted by Gasteiger charge is 2.24. The van der Waals surface area contributed by atoms with Crippen molar-refractivity contribution in [3.05, 3.63) is 60.8 Å². The van der Waals surface area contributed by atoms with E-state index in [1.165, 1.54) is 6.07 Å². The molecule has 4 aromatic rings. The average Bonchev–Trinajstić information content (AvgIpc) is 3.36. The summed E-state index contributed by atoms with van der Waals surface area (Å²) in [5, 5.41) is 4.19. The molecular formula is C15H13N5O3S2. The predicted octanol–water partition coefficient (Wildman–Crippen LogP) is 2.05. The van der Waals surface area contributed by atoms with Gasteiger partial charge >= 0.3 is 0 Å². The van der Waals surface area contributed by atoms with Gasteiger partial charge in [-0.1, -0.05) is 6.07 Å². The van der Waals surface area contributed by atoms with Crippen molar-refractivity contribution in [2.24, 2.45) is 0 Å². The van der Waals surface area contributed by atoms with Crippen LogP contribution in [0.5, 0.6) is 0 Å². The standard InChI is InChI=1S/C15H13N5O3S2/c21-25(22,14-6-1-4-11-15(14)19-24-18-11)17-10-12(13-5-2-9-23-13)20-8-3-7-16-20/h1-9,12,17H,10H2/t12-/m0/s1. The van der Waals surface area contributed by atoms with E-state index in [0.29, 0.717) is 16.8 Å². The number of nitrogens with one attached hydrogen (secondary N) is 1. The van der Waals surface area contributed by atoms with Crippen LogP contribution in [0.2, 0.25) is 0 Å². The molecule has 0 radical (unpaired) electrons. The molecule has 0 saturated heterocycles. The monoisotopic (exact) mass is 375 g/mol. The van der Waals surface area contributed by atoms with Crippen molar-refractivity contribution in [3.63, 3.8) is 0 Å². The van der Waals surface area contributed by atoms with Gasteiger partial charge in [-0.2, -0.15) is 13.8 Å². The predicted molar refractivity (Wildman–Crippen MR) is 91.7 cm³/mol. The summed E-state index contributed by atoms with van der Waals surface area (Å²) in [4.78, 5) is 0.109. The van der Waals surface area contributed by atoms with Gasteiger partial charge in [-0.3, -0.25) is 4.68 Å². The first-order valence-corrected chi connectivity index (χ1v) is 9.60. The van der Waals surface area contributed by atoms with Crippen molar-refractivity contribution in [1.82, 2.24) is 23.2 Å². The molecule has 8 nitrogen and oxygen atoms in total. The van der Waals surface area contributed by atoms with Crippen LogP contribution in [-0.4, -0.2) is 33.5 Å². The third kappa shape index (κ3) is 3.06. The Morgan fingerprint density at radius 3 is 2.88 bits per heavy atom. The first kappa shape index (κ1) is 15.9. The molecule has 0 spiro atoms.